The molecule has 1 atom stereocenters. The van der Waals surface area contributed by atoms with Crippen LogP contribution in [0.3, 0.4) is 0 Å². The van der Waals surface area contributed by atoms with Crippen molar-refractivity contribution in [1.82, 2.24) is 14.8 Å². The second-order valence-corrected chi connectivity index (χ2v) is 9.57. The molecule has 0 fully saturated rings. The van der Waals surface area contributed by atoms with Gasteiger partial charge in [-0.25, -0.2) is 9.67 Å². The third-order valence-corrected chi connectivity index (χ3v) is 6.65. The zero-order valence-electron chi connectivity index (χ0n) is 22.0. The van der Waals surface area contributed by atoms with E-state index >= 15 is 0 Å². The quantitative estimate of drug-likeness (QED) is 0.271. The molecular formula is C28H21F5N4O5. The van der Waals surface area contributed by atoms with E-state index in [1.165, 1.54) is 54.4 Å². The van der Waals surface area contributed by atoms with E-state index in [0.29, 0.717) is 5.69 Å². The van der Waals surface area contributed by atoms with Gasteiger partial charge in [0.15, 0.2) is 23.3 Å². The molecule has 6 rings (SSSR count). The summed E-state index contributed by atoms with van der Waals surface area (Å²) in [5, 5.41) is 3.88. The summed E-state index contributed by atoms with van der Waals surface area (Å²) in [4.78, 5) is 18.8. The van der Waals surface area contributed by atoms with Crippen molar-refractivity contribution in [3.05, 3.63) is 88.9 Å². The SMILES string of the molecule is Cc1cccc(OC2COCc3c(C(F)(F)F)nn(-c4cccc(C(=O)N(C)c5ccc6c(c5)OC(F)(F)O6)c4)c32)n1. The number of pyridine rings is 1. The van der Waals surface area contributed by atoms with Crippen molar-refractivity contribution in [3.63, 3.8) is 0 Å². The van der Waals surface area contributed by atoms with Gasteiger partial charge in [0.05, 0.1) is 24.6 Å². The minimum atomic E-state index is -4.79. The van der Waals surface area contributed by atoms with Crippen LogP contribution in [-0.4, -0.2) is 40.6 Å². The summed E-state index contributed by atoms with van der Waals surface area (Å²) in [5.74, 6) is -0.799. The molecule has 9 nitrogen and oxygen atoms in total. The summed E-state index contributed by atoms with van der Waals surface area (Å²) in [6.45, 7) is 1.35. The average molecular weight is 588 g/mol. The predicted octanol–water partition coefficient (Wildman–Crippen LogP) is 5.84. The molecule has 0 saturated heterocycles. The van der Waals surface area contributed by atoms with Crippen molar-refractivity contribution in [3.8, 4) is 23.1 Å². The Morgan fingerprint density at radius 3 is 2.60 bits per heavy atom. The Labute approximate surface area is 235 Å². The number of aryl methyl sites for hydroxylation is 1. The van der Waals surface area contributed by atoms with Crippen LogP contribution in [0.25, 0.3) is 5.69 Å². The number of carbonyl (C=O) groups excluding carboxylic acids is 1. The molecule has 1 unspecified atom stereocenters. The number of nitrogens with zero attached hydrogens (tertiary/aromatic N) is 4. The van der Waals surface area contributed by atoms with E-state index < -0.39 is 30.2 Å². The second-order valence-electron chi connectivity index (χ2n) is 9.57. The molecule has 0 saturated carbocycles. The fourth-order valence-corrected chi connectivity index (χ4v) is 4.76. The van der Waals surface area contributed by atoms with Crippen LogP contribution in [0.1, 0.15) is 39.1 Å². The molecule has 0 bridgehead atoms. The van der Waals surface area contributed by atoms with Gasteiger partial charge in [-0.2, -0.15) is 18.3 Å². The topological polar surface area (TPSA) is 87.9 Å². The number of aromatic nitrogens is 3. The number of fused-ring (bicyclic) bond motifs is 2. The minimum Gasteiger partial charge on any atom is -0.465 e. The molecule has 0 N–H and O–H groups in total. The molecule has 1 amide bonds. The van der Waals surface area contributed by atoms with Crippen molar-refractivity contribution in [2.45, 2.75) is 32.1 Å². The van der Waals surface area contributed by atoms with Gasteiger partial charge in [-0.15, -0.1) is 8.78 Å². The highest BCUT2D eigenvalue weighted by Crippen LogP contribution is 2.43. The number of rotatable bonds is 5. The van der Waals surface area contributed by atoms with E-state index in [1.807, 2.05) is 0 Å². The Morgan fingerprint density at radius 1 is 1.07 bits per heavy atom. The number of hydrogen-bond donors (Lipinski definition) is 0. The van der Waals surface area contributed by atoms with Crippen LogP contribution in [0.15, 0.2) is 60.7 Å². The van der Waals surface area contributed by atoms with Gasteiger partial charge in [-0.3, -0.25) is 4.79 Å². The minimum absolute atomic E-state index is 0.0594. The van der Waals surface area contributed by atoms with Gasteiger partial charge in [0.2, 0.25) is 5.88 Å². The first-order chi connectivity index (χ1) is 19.9. The maximum atomic E-state index is 14.0. The van der Waals surface area contributed by atoms with Crippen LogP contribution >= 0.6 is 0 Å². The molecule has 0 spiro atoms. The standard InChI is InChI=1S/C28H21F5N4O5/c1-15-5-3-8-23(34-15)40-22-14-39-13-19-24(22)37(35-25(19)27(29,30)31)18-7-4-6-16(11-18)26(38)36(2)17-9-10-20-21(12-17)42-28(32,33)41-20/h3-12,22H,13-14H2,1-2H3. The normalized spacial score (nSPS) is 17.1. The van der Waals surface area contributed by atoms with Crippen molar-refractivity contribution in [2.24, 2.45) is 0 Å². The van der Waals surface area contributed by atoms with Gasteiger partial charge in [0, 0.05) is 41.7 Å². The summed E-state index contributed by atoms with van der Waals surface area (Å²) >= 11 is 0. The molecule has 42 heavy (non-hydrogen) atoms. The fourth-order valence-electron chi connectivity index (χ4n) is 4.76. The summed E-state index contributed by atoms with van der Waals surface area (Å²) in [5.41, 5.74) is -0.0596. The molecule has 2 aliphatic rings. The number of hydrogen-bond acceptors (Lipinski definition) is 7. The second kappa shape index (κ2) is 9.98. The molecule has 2 aromatic heterocycles. The Bertz CT molecular complexity index is 1690. The van der Waals surface area contributed by atoms with E-state index in [1.54, 1.807) is 25.1 Å². The molecule has 4 aromatic rings. The maximum absolute atomic E-state index is 14.0. The van der Waals surface area contributed by atoms with E-state index in [4.69, 9.17) is 9.47 Å². The third kappa shape index (κ3) is 5.09. The van der Waals surface area contributed by atoms with Gasteiger partial charge in [-0.1, -0.05) is 12.1 Å². The van der Waals surface area contributed by atoms with Crippen LogP contribution in [0, 0.1) is 6.92 Å². The fraction of sp³-hybridized carbons (Fsp3) is 0.250. The summed E-state index contributed by atoms with van der Waals surface area (Å²) in [6, 6.07) is 14.7. The highest BCUT2D eigenvalue weighted by atomic mass is 19.4. The number of anilines is 1. The maximum Gasteiger partial charge on any atom is 0.586 e. The first-order valence-corrected chi connectivity index (χ1v) is 12.5. The number of carbonyl (C=O) groups is 1. The van der Waals surface area contributed by atoms with Crippen LogP contribution in [0.5, 0.6) is 17.4 Å². The lowest BCUT2D eigenvalue weighted by molar-refractivity contribution is -0.286. The summed E-state index contributed by atoms with van der Waals surface area (Å²) in [6.07, 6.45) is -9.59. The third-order valence-electron chi connectivity index (χ3n) is 6.65. The molecular weight excluding hydrogens is 567 g/mol. The number of alkyl halides is 5. The van der Waals surface area contributed by atoms with Crippen LogP contribution in [0.4, 0.5) is 27.6 Å². The highest BCUT2D eigenvalue weighted by molar-refractivity contribution is 6.06. The Morgan fingerprint density at radius 2 is 1.83 bits per heavy atom. The molecule has 14 heteroatoms. The first-order valence-electron chi connectivity index (χ1n) is 12.5. The number of amides is 1. The lowest BCUT2D eigenvalue weighted by Gasteiger charge is -2.25. The summed E-state index contributed by atoms with van der Waals surface area (Å²) < 4.78 is 90.4. The molecule has 4 heterocycles. The zero-order chi connectivity index (χ0) is 29.8. The molecule has 218 valence electrons. The zero-order valence-corrected chi connectivity index (χ0v) is 22.0. The molecule has 2 aromatic carbocycles. The van der Waals surface area contributed by atoms with Crippen LogP contribution < -0.4 is 19.1 Å². The Kier molecular flexibility index (Phi) is 6.52. The Balaban J connectivity index is 1.36. The lowest BCUT2D eigenvalue weighted by Crippen LogP contribution is -2.27. The lowest BCUT2D eigenvalue weighted by atomic mass is 10.1. The highest BCUT2D eigenvalue weighted by Gasteiger charge is 2.44. The van der Waals surface area contributed by atoms with Gasteiger partial charge >= 0.3 is 12.5 Å². The number of ether oxygens (including phenoxy) is 4. The van der Waals surface area contributed by atoms with E-state index in [2.05, 4.69) is 19.6 Å². The van der Waals surface area contributed by atoms with Crippen LogP contribution in [0.2, 0.25) is 0 Å². The molecule has 2 aliphatic heterocycles. The Hall–Kier alpha value is -4.72. The van der Waals surface area contributed by atoms with Gasteiger partial charge in [-0.05, 0) is 43.3 Å². The van der Waals surface area contributed by atoms with Gasteiger partial charge < -0.3 is 23.8 Å². The molecule has 0 aliphatic carbocycles. The van der Waals surface area contributed by atoms with Crippen molar-refractivity contribution < 1.29 is 45.7 Å². The first kappa shape index (κ1) is 27.4. The van der Waals surface area contributed by atoms with E-state index in [9.17, 15) is 26.7 Å². The monoisotopic (exact) mass is 588 g/mol. The van der Waals surface area contributed by atoms with Crippen LogP contribution in [-0.2, 0) is 17.5 Å². The number of halogens is 5. The van der Waals surface area contributed by atoms with Gasteiger partial charge in [0.25, 0.3) is 5.91 Å². The van der Waals surface area contributed by atoms with E-state index in [-0.39, 0.29) is 58.8 Å². The van der Waals surface area contributed by atoms with Crippen molar-refractivity contribution >= 4 is 11.6 Å². The van der Waals surface area contributed by atoms with Gasteiger partial charge in [0.1, 0.15) is 0 Å². The largest absolute Gasteiger partial charge is 0.586 e. The van der Waals surface area contributed by atoms with Crippen molar-refractivity contribution in [1.29, 1.82) is 0 Å². The van der Waals surface area contributed by atoms with Crippen molar-refractivity contribution in [2.75, 3.05) is 18.6 Å². The smallest absolute Gasteiger partial charge is 0.465 e. The summed E-state index contributed by atoms with van der Waals surface area (Å²) in [7, 11) is 1.41. The average Bonchev–Trinajstić information content (AvgIpc) is 3.49. The predicted molar refractivity (Wildman–Crippen MR) is 136 cm³/mol. The molecule has 0 radical (unpaired) electrons. The number of benzene rings is 2. The van der Waals surface area contributed by atoms with E-state index in [0.717, 1.165) is 4.68 Å².